The molecule has 0 aromatic carbocycles. The van der Waals surface area contributed by atoms with Gasteiger partial charge in [-0.15, -0.1) is 0 Å². The predicted molar refractivity (Wildman–Crippen MR) is 64.7 cm³/mol. The Morgan fingerprint density at radius 3 is 2.82 bits per heavy atom. The number of rotatable bonds is 5. The molecule has 0 radical (unpaired) electrons. The fourth-order valence-corrected chi connectivity index (χ4v) is 1.14. The standard InChI is InChI=1S/C10H16N4O3/c1-3-10(2,15)6-12-9-7(14(16)17)4-5-8(11)13-9/h4-5,15H,3,6H2,1-2H3,(H3,11,12,13). The van der Waals surface area contributed by atoms with Gasteiger partial charge in [-0.25, -0.2) is 4.98 Å². The number of nitro groups is 1. The lowest BCUT2D eigenvalue weighted by atomic mass is 10.0. The Morgan fingerprint density at radius 1 is 1.65 bits per heavy atom. The highest BCUT2D eigenvalue weighted by molar-refractivity contribution is 5.59. The maximum atomic E-state index is 10.7. The lowest BCUT2D eigenvalue weighted by Crippen LogP contribution is -2.32. The Labute approximate surface area is 98.8 Å². The molecule has 1 aromatic rings. The summed E-state index contributed by atoms with van der Waals surface area (Å²) in [6.45, 7) is 3.63. The molecule has 1 atom stereocenters. The minimum atomic E-state index is -0.944. The first-order valence-electron chi connectivity index (χ1n) is 5.23. The van der Waals surface area contributed by atoms with E-state index in [1.165, 1.54) is 12.1 Å². The lowest BCUT2D eigenvalue weighted by molar-refractivity contribution is -0.384. The SMILES string of the molecule is CCC(C)(O)CNc1nc(N)ccc1[N+](=O)[O-]. The van der Waals surface area contributed by atoms with Crippen LogP contribution in [0, 0.1) is 10.1 Å². The molecule has 0 aliphatic carbocycles. The normalized spacial score (nSPS) is 14.1. The van der Waals surface area contributed by atoms with Crippen LogP contribution < -0.4 is 11.1 Å². The summed E-state index contributed by atoms with van der Waals surface area (Å²) in [4.78, 5) is 14.0. The third kappa shape index (κ3) is 3.56. The van der Waals surface area contributed by atoms with Gasteiger partial charge in [-0.2, -0.15) is 0 Å². The summed E-state index contributed by atoms with van der Waals surface area (Å²) in [5, 5.41) is 23.3. The molecule has 94 valence electrons. The van der Waals surface area contributed by atoms with Crippen LogP contribution >= 0.6 is 0 Å². The van der Waals surface area contributed by atoms with Gasteiger partial charge in [0.25, 0.3) is 0 Å². The van der Waals surface area contributed by atoms with Crippen molar-refractivity contribution >= 4 is 17.3 Å². The first kappa shape index (κ1) is 13.2. The summed E-state index contributed by atoms with van der Waals surface area (Å²) in [6, 6.07) is 2.65. The number of hydrogen-bond donors (Lipinski definition) is 3. The summed E-state index contributed by atoms with van der Waals surface area (Å²) in [7, 11) is 0. The Bertz CT molecular complexity index is 420. The van der Waals surface area contributed by atoms with Crippen molar-refractivity contribution in [1.82, 2.24) is 4.98 Å². The van der Waals surface area contributed by atoms with Gasteiger partial charge in [0.15, 0.2) is 0 Å². The molecule has 0 aliphatic rings. The van der Waals surface area contributed by atoms with E-state index in [1.54, 1.807) is 6.92 Å². The topological polar surface area (TPSA) is 114 Å². The highest BCUT2D eigenvalue weighted by Gasteiger charge is 2.21. The summed E-state index contributed by atoms with van der Waals surface area (Å²) < 4.78 is 0. The Kier molecular flexibility index (Phi) is 3.84. The Balaban J connectivity index is 2.89. The van der Waals surface area contributed by atoms with Crippen LogP contribution in [0.25, 0.3) is 0 Å². The molecule has 7 nitrogen and oxygen atoms in total. The van der Waals surface area contributed by atoms with Crippen LogP contribution in [0.5, 0.6) is 0 Å². The van der Waals surface area contributed by atoms with Gasteiger partial charge in [0.05, 0.1) is 10.5 Å². The number of nitrogen functional groups attached to an aromatic ring is 1. The first-order valence-corrected chi connectivity index (χ1v) is 5.23. The molecule has 1 rings (SSSR count). The highest BCUT2D eigenvalue weighted by atomic mass is 16.6. The zero-order valence-electron chi connectivity index (χ0n) is 9.80. The fourth-order valence-electron chi connectivity index (χ4n) is 1.14. The summed E-state index contributed by atoms with van der Waals surface area (Å²) in [6.07, 6.45) is 0.524. The Hall–Kier alpha value is -1.89. The average molecular weight is 240 g/mol. The van der Waals surface area contributed by atoms with Crippen LogP contribution in [-0.4, -0.2) is 27.2 Å². The van der Waals surface area contributed by atoms with Gasteiger partial charge in [-0.3, -0.25) is 10.1 Å². The lowest BCUT2D eigenvalue weighted by Gasteiger charge is -2.21. The van der Waals surface area contributed by atoms with Gasteiger partial charge in [-0.1, -0.05) is 6.92 Å². The number of nitrogens with one attached hydrogen (secondary N) is 1. The summed E-state index contributed by atoms with van der Waals surface area (Å²) in [5.74, 6) is 0.262. The largest absolute Gasteiger partial charge is 0.388 e. The molecule has 1 aromatic heterocycles. The van der Waals surface area contributed by atoms with Crippen LogP contribution in [0.2, 0.25) is 0 Å². The average Bonchev–Trinajstić information content (AvgIpc) is 2.26. The van der Waals surface area contributed by atoms with E-state index in [1.807, 2.05) is 6.92 Å². The molecule has 0 fully saturated rings. The van der Waals surface area contributed by atoms with Crippen molar-refractivity contribution in [2.24, 2.45) is 0 Å². The molecule has 0 amide bonds. The molecule has 0 saturated heterocycles. The van der Waals surface area contributed by atoms with Gasteiger partial charge < -0.3 is 16.2 Å². The number of aliphatic hydroxyl groups is 1. The monoisotopic (exact) mass is 240 g/mol. The maximum absolute atomic E-state index is 10.7. The van der Waals surface area contributed by atoms with Gasteiger partial charge >= 0.3 is 5.69 Å². The maximum Gasteiger partial charge on any atom is 0.311 e. The third-order valence-electron chi connectivity index (χ3n) is 2.49. The van der Waals surface area contributed by atoms with E-state index in [4.69, 9.17) is 5.73 Å². The van der Waals surface area contributed by atoms with Crippen molar-refractivity contribution in [3.63, 3.8) is 0 Å². The molecule has 17 heavy (non-hydrogen) atoms. The molecule has 1 unspecified atom stereocenters. The van der Waals surface area contributed by atoms with E-state index in [2.05, 4.69) is 10.3 Å². The molecule has 0 spiro atoms. The Morgan fingerprint density at radius 2 is 2.29 bits per heavy atom. The molecule has 0 saturated carbocycles. The molecule has 4 N–H and O–H groups in total. The van der Waals surface area contributed by atoms with Crippen LogP contribution in [0.15, 0.2) is 12.1 Å². The zero-order valence-corrected chi connectivity index (χ0v) is 9.80. The van der Waals surface area contributed by atoms with Crippen LogP contribution in [-0.2, 0) is 0 Å². The van der Waals surface area contributed by atoms with E-state index in [0.717, 1.165) is 0 Å². The quantitative estimate of drug-likeness (QED) is 0.525. The second-order valence-electron chi connectivity index (χ2n) is 4.07. The van der Waals surface area contributed by atoms with Crippen molar-refractivity contribution in [2.45, 2.75) is 25.9 Å². The first-order chi connectivity index (χ1) is 7.85. The zero-order chi connectivity index (χ0) is 13.1. The van der Waals surface area contributed by atoms with Crippen LogP contribution in [0.3, 0.4) is 0 Å². The summed E-state index contributed by atoms with van der Waals surface area (Å²) in [5.41, 5.74) is 4.36. The van der Waals surface area contributed by atoms with Gasteiger partial charge in [0, 0.05) is 12.6 Å². The fraction of sp³-hybridized carbons (Fsp3) is 0.500. The van der Waals surface area contributed by atoms with E-state index < -0.39 is 10.5 Å². The van der Waals surface area contributed by atoms with Crippen LogP contribution in [0.4, 0.5) is 17.3 Å². The van der Waals surface area contributed by atoms with Gasteiger partial charge in [0.2, 0.25) is 5.82 Å². The molecule has 7 heteroatoms. The van der Waals surface area contributed by atoms with Crippen molar-refractivity contribution in [1.29, 1.82) is 0 Å². The van der Waals surface area contributed by atoms with E-state index in [-0.39, 0.29) is 23.9 Å². The minimum absolute atomic E-state index is 0.0729. The molecular formula is C10H16N4O3. The molecule has 0 aliphatic heterocycles. The van der Waals surface area contributed by atoms with Gasteiger partial charge in [-0.05, 0) is 19.4 Å². The van der Waals surface area contributed by atoms with E-state index in [9.17, 15) is 15.2 Å². The minimum Gasteiger partial charge on any atom is -0.388 e. The van der Waals surface area contributed by atoms with Crippen molar-refractivity contribution in [2.75, 3.05) is 17.6 Å². The number of anilines is 2. The molecular weight excluding hydrogens is 224 g/mol. The van der Waals surface area contributed by atoms with E-state index in [0.29, 0.717) is 6.42 Å². The third-order valence-corrected chi connectivity index (χ3v) is 2.49. The number of nitrogens with zero attached hydrogens (tertiary/aromatic N) is 2. The predicted octanol–water partition coefficient (Wildman–Crippen LogP) is 1.14. The number of pyridine rings is 1. The smallest absolute Gasteiger partial charge is 0.311 e. The van der Waals surface area contributed by atoms with Gasteiger partial charge in [0.1, 0.15) is 5.82 Å². The number of hydrogen-bond acceptors (Lipinski definition) is 6. The second kappa shape index (κ2) is 4.96. The van der Waals surface area contributed by atoms with Crippen molar-refractivity contribution < 1.29 is 10.0 Å². The van der Waals surface area contributed by atoms with Crippen molar-refractivity contribution in [3.05, 3.63) is 22.2 Å². The van der Waals surface area contributed by atoms with Crippen molar-refractivity contribution in [3.8, 4) is 0 Å². The van der Waals surface area contributed by atoms with E-state index >= 15 is 0 Å². The highest BCUT2D eigenvalue weighted by Crippen LogP contribution is 2.23. The molecule has 1 heterocycles. The number of nitrogens with two attached hydrogens (primary N) is 1. The number of aromatic nitrogens is 1. The second-order valence-corrected chi connectivity index (χ2v) is 4.07. The summed E-state index contributed by atoms with van der Waals surface area (Å²) >= 11 is 0. The van der Waals surface area contributed by atoms with Crippen LogP contribution in [0.1, 0.15) is 20.3 Å². The molecule has 0 bridgehead atoms.